The molecular formula is C19H24F2O2. The van der Waals surface area contributed by atoms with Crippen LogP contribution >= 0.6 is 0 Å². The van der Waals surface area contributed by atoms with Crippen LogP contribution in [0.25, 0.3) is 0 Å². The number of hydrogen-bond donors (Lipinski definition) is 0. The molecule has 3 unspecified atom stereocenters. The lowest BCUT2D eigenvalue weighted by Gasteiger charge is -2.38. The van der Waals surface area contributed by atoms with Gasteiger partial charge in [0.25, 0.3) is 0 Å². The first-order valence-electron chi connectivity index (χ1n) is 8.17. The van der Waals surface area contributed by atoms with Crippen LogP contribution in [-0.2, 0) is 4.79 Å². The molecule has 3 atom stereocenters. The van der Waals surface area contributed by atoms with E-state index in [0.717, 1.165) is 31.4 Å². The monoisotopic (exact) mass is 322 g/mol. The fraction of sp³-hybridized carbons (Fsp3) is 0.526. The van der Waals surface area contributed by atoms with Gasteiger partial charge in [-0.25, -0.2) is 13.6 Å². The van der Waals surface area contributed by atoms with Crippen LogP contribution < -0.4 is 4.74 Å². The number of carbonyl (C=O) groups is 1. The summed E-state index contributed by atoms with van der Waals surface area (Å²) < 4.78 is 33.6. The third kappa shape index (κ3) is 3.80. The molecule has 0 bridgehead atoms. The Kier molecular flexibility index (Phi) is 5.55. The van der Waals surface area contributed by atoms with Crippen molar-refractivity contribution in [3.05, 3.63) is 42.0 Å². The molecular weight excluding hydrogens is 298 g/mol. The van der Waals surface area contributed by atoms with Crippen LogP contribution in [-0.4, -0.2) is 5.97 Å². The molecule has 0 radical (unpaired) electrons. The highest BCUT2D eigenvalue weighted by Crippen LogP contribution is 2.47. The van der Waals surface area contributed by atoms with Crippen molar-refractivity contribution in [1.82, 2.24) is 0 Å². The van der Waals surface area contributed by atoms with Gasteiger partial charge in [-0.1, -0.05) is 33.8 Å². The van der Waals surface area contributed by atoms with Crippen molar-refractivity contribution in [2.75, 3.05) is 0 Å². The van der Waals surface area contributed by atoms with Gasteiger partial charge >= 0.3 is 5.97 Å². The first-order valence-corrected chi connectivity index (χ1v) is 8.17. The molecule has 0 heterocycles. The van der Waals surface area contributed by atoms with Gasteiger partial charge in [-0.05, 0) is 48.6 Å². The van der Waals surface area contributed by atoms with Crippen LogP contribution in [0.4, 0.5) is 8.78 Å². The Morgan fingerprint density at radius 1 is 1.35 bits per heavy atom. The van der Waals surface area contributed by atoms with Crippen molar-refractivity contribution in [3.8, 4) is 5.75 Å². The summed E-state index contributed by atoms with van der Waals surface area (Å²) in [4.78, 5) is 11.5. The van der Waals surface area contributed by atoms with E-state index in [1.54, 1.807) is 0 Å². The number of halogens is 2. The topological polar surface area (TPSA) is 26.3 Å². The molecule has 1 aliphatic rings. The van der Waals surface area contributed by atoms with E-state index in [-0.39, 0.29) is 23.1 Å². The summed E-state index contributed by atoms with van der Waals surface area (Å²) in [7, 11) is 0. The number of esters is 1. The lowest BCUT2D eigenvalue weighted by atomic mass is 9.67. The molecule has 0 aliphatic heterocycles. The van der Waals surface area contributed by atoms with Gasteiger partial charge in [-0.2, -0.15) is 0 Å². The molecule has 1 fully saturated rings. The van der Waals surface area contributed by atoms with Crippen LogP contribution in [0.1, 0.15) is 51.5 Å². The Balaban J connectivity index is 2.51. The molecule has 0 N–H and O–H groups in total. The second-order valence-corrected chi connectivity index (χ2v) is 6.83. The molecule has 0 aromatic heterocycles. The summed E-state index contributed by atoms with van der Waals surface area (Å²) in [5.74, 6) is -1.49. The Morgan fingerprint density at radius 3 is 2.65 bits per heavy atom. The molecule has 126 valence electrons. The summed E-state index contributed by atoms with van der Waals surface area (Å²) in [5.41, 5.74) is 0.199. The van der Waals surface area contributed by atoms with Gasteiger partial charge < -0.3 is 4.74 Å². The van der Waals surface area contributed by atoms with E-state index >= 15 is 0 Å². The van der Waals surface area contributed by atoms with Crippen LogP contribution in [0.5, 0.6) is 5.75 Å². The number of benzene rings is 1. The normalized spacial score (nSPS) is 24.5. The Hall–Kier alpha value is -1.71. The molecule has 2 nitrogen and oxygen atoms in total. The average molecular weight is 322 g/mol. The number of carbonyl (C=O) groups excluding carboxylic acids is 1. The number of ether oxygens (including phenoxy) is 1. The zero-order valence-electron chi connectivity index (χ0n) is 13.9. The van der Waals surface area contributed by atoms with Crippen LogP contribution in [0.2, 0.25) is 0 Å². The van der Waals surface area contributed by atoms with Gasteiger partial charge in [-0.3, -0.25) is 0 Å². The lowest BCUT2D eigenvalue weighted by molar-refractivity contribution is -0.129. The van der Waals surface area contributed by atoms with Gasteiger partial charge in [0.2, 0.25) is 0 Å². The quantitative estimate of drug-likeness (QED) is 0.431. The smallest absolute Gasteiger partial charge is 0.335 e. The first-order chi connectivity index (χ1) is 10.8. The van der Waals surface area contributed by atoms with Gasteiger partial charge in [0.15, 0.2) is 11.6 Å². The Morgan fingerprint density at radius 2 is 2.04 bits per heavy atom. The molecule has 1 saturated carbocycles. The molecule has 0 amide bonds. The van der Waals surface area contributed by atoms with E-state index in [1.807, 2.05) is 0 Å². The third-order valence-corrected chi connectivity index (χ3v) is 4.86. The predicted octanol–water partition coefficient (Wildman–Crippen LogP) is 5.23. The molecule has 0 spiro atoms. The summed E-state index contributed by atoms with van der Waals surface area (Å²) in [6.07, 6.45) is 3.84. The zero-order chi connectivity index (χ0) is 17.1. The van der Waals surface area contributed by atoms with Crippen molar-refractivity contribution in [3.63, 3.8) is 0 Å². The zero-order valence-corrected chi connectivity index (χ0v) is 13.9. The Labute approximate surface area is 136 Å². The minimum absolute atomic E-state index is 0.110. The highest BCUT2D eigenvalue weighted by atomic mass is 19.2. The van der Waals surface area contributed by atoms with E-state index in [4.69, 9.17) is 4.74 Å². The number of hydrogen-bond acceptors (Lipinski definition) is 2. The van der Waals surface area contributed by atoms with E-state index in [0.29, 0.717) is 11.8 Å². The van der Waals surface area contributed by atoms with Crippen molar-refractivity contribution >= 4 is 5.97 Å². The van der Waals surface area contributed by atoms with Gasteiger partial charge in [0.1, 0.15) is 5.75 Å². The molecule has 0 saturated heterocycles. The summed E-state index contributed by atoms with van der Waals surface area (Å²) in [5, 5.41) is 0. The molecule has 1 aromatic carbocycles. The number of rotatable bonds is 4. The largest absolute Gasteiger partial charge is 0.423 e. The fourth-order valence-electron chi connectivity index (χ4n) is 3.67. The SMILES string of the molecule is C=CC(=O)Oc1ccc(F)c(F)c1C1CC(C)CCC1C(C)C. The van der Waals surface area contributed by atoms with Crippen LogP contribution in [0.15, 0.2) is 24.8 Å². The van der Waals surface area contributed by atoms with Crippen molar-refractivity contribution in [1.29, 1.82) is 0 Å². The second kappa shape index (κ2) is 7.24. The van der Waals surface area contributed by atoms with Crippen LogP contribution in [0, 0.1) is 29.4 Å². The summed E-state index contributed by atoms with van der Waals surface area (Å²) in [6.45, 7) is 9.67. The van der Waals surface area contributed by atoms with Crippen molar-refractivity contribution < 1.29 is 18.3 Å². The minimum Gasteiger partial charge on any atom is -0.423 e. The average Bonchev–Trinajstić information content (AvgIpc) is 2.50. The van der Waals surface area contributed by atoms with Gasteiger partial charge in [0, 0.05) is 11.6 Å². The van der Waals surface area contributed by atoms with Crippen LogP contribution in [0.3, 0.4) is 0 Å². The molecule has 1 aliphatic carbocycles. The molecule has 4 heteroatoms. The molecule has 23 heavy (non-hydrogen) atoms. The molecule has 1 aromatic rings. The summed E-state index contributed by atoms with van der Waals surface area (Å²) in [6, 6.07) is 2.34. The first kappa shape index (κ1) is 17.6. The second-order valence-electron chi connectivity index (χ2n) is 6.83. The van der Waals surface area contributed by atoms with Crippen molar-refractivity contribution in [2.24, 2.45) is 17.8 Å². The predicted molar refractivity (Wildman–Crippen MR) is 86.3 cm³/mol. The van der Waals surface area contributed by atoms with Gasteiger partial charge in [0.05, 0.1) is 0 Å². The summed E-state index contributed by atoms with van der Waals surface area (Å²) >= 11 is 0. The maximum absolute atomic E-state index is 14.6. The van der Waals surface area contributed by atoms with E-state index in [2.05, 4.69) is 27.4 Å². The lowest BCUT2D eigenvalue weighted by Crippen LogP contribution is -2.27. The van der Waals surface area contributed by atoms with E-state index in [1.165, 1.54) is 6.07 Å². The van der Waals surface area contributed by atoms with E-state index in [9.17, 15) is 13.6 Å². The minimum atomic E-state index is -0.904. The van der Waals surface area contributed by atoms with Crippen molar-refractivity contribution in [2.45, 2.75) is 46.0 Å². The maximum Gasteiger partial charge on any atom is 0.335 e. The highest BCUT2D eigenvalue weighted by molar-refractivity contribution is 5.83. The third-order valence-electron chi connectivity index (χ3n) is 4.86. The highest BCUT2D eigenvalue weighted by Gasteiger charge is 2.36. The van der Waals surface area contributed by atoms with E-state index < -0.39 is 17.6 Å². The Bertz CT molecular complexity index is 595. The maximum atomic E-state index is 14.6. The molecule has 2 rings (SSSR count). The van der Waals surface area contributed by atoms with Gasteiger partial charge in [-0.15, -0.1) is 0 Å². The fourth-order valence-corrected chi connectivity index (χ4v) is 3.67. The standard InChI is InChI=1S/C19H24F2O2/c1-5-17(22)23-16-9-8-15(20)19(21)18(16)14-10-12(4)6-7-13(14)11(2)3/h5,8-9,11-14H,1,6-7,10H2,2-4H3.